The Kier molecular flexibility index (Phi) is 6.40. The van der Waals surface area contributed by atoms with Crippen molar-refractivity contribution in [3.63, 3.8) is 0 Å². The molecule has 1 aromatic heterocycles. The summed E-state index contributed by atoms with van der Waals surface area (Å²) in [5, 5.41) is 20.8. The zero-order chi connectivity index (χ0) is 20.8. The van der Waals surface area contributed by atoms with E-state index < -0.39 is 0 Å². The monoisotopic (exact) mass is 413 g/mol. The van der Waals surface area contributed by atoms with Gasteiger partial charge >= 0.3 is 6.03 Å². The van der Waals surface area contributed by atoms with E-state index in [1.807, 2.05) is 13.8 Å². The average molecular weight is 414 g/mol. The molecule has 3 aromatic rings. The molecule has 0 atom stereocenters. The van der Waals surface area contributed by atoms with E-state index in [-0.39, 0.29) is 24.5 Å². The molecule has 0 aliphatic heterocycles. The number of tetrazole rings is 1. The second-order valence-electron chi connectivity index (χ2n) is 6.53. The van der Waals surface area contributed by atoms with Gasteiger partial charge in [-0.25, -0.2) is 4.79 Å². The lowest BCUT2D eigenvalue weighted by Crippen LogP contribution is -2.34. The van der Waals surface area contributed by atoms with Crippen LogP contribution in [0.5, 0.6) is 0 Å². The first-order valence-corrected chi connectivity index (χ1v) is 9.28. The number of rotatable bonds is 6. The highest BCUT2D eigenvalue weighted by Crippen LogP contribution is 2.17. The Balaban J connectivity index is 1.54. The normalized spacial score (nSPS) is 10.6. The van der Waals surface area contributed by atoms with E-state index in [0.717, 1.165) is 5.56 Å². The van der Waals surface area contributed by atoms with Crippen LogP contribution in [0.15, 0.2) is 48.5 Å². The predicted octanol–water partition coefficient (Wildman–Crippen LogP) is 3.16. The van der Waals surface area contributed by atoms with Gasteiger partial charge in [0.05, 0.1) is 0 Å². The molecule has 29 heavy (non-hydrogen) atoms. The molecule has 0 saturated carbocycles. The summed E-state index contributed by atoms with van der Waals surface area (Å²) >= 11 is 5.87. The van der Waals surface area contributed by atoms with Crippen LogP contribution in [0.25, 0.3) is 11.4 Å². The van der Waals surface area contributed by atoms with Crippen molar-refractivity contribution in [2.45, 2.75) is 26.4 Å². The van der Waals surface area contributed by atoms with Crippen LogP contribution in [0.4, 0.5) is 16.2 Å². The number of amides is 3. The van der Waals surface area contributed by atoms with Crippen molar-refractivity contribution in [1.82, 2.24) is 25.5 Å². The van der Waals surface area contributed by atoms with Crippen molar-refractivity contribution < 1.29 is 9.59 Å². The molecule has 0 saturated heterocycles. The van der Waals surface area contributed by atoms with Gasteiger partial charge in [-0.15, -0.1) is 10.2 Å². The molecular formula is C19H20ClN7O2. The molecule has 0 aliphatic carbocycles. The van der Waals surface area contributed by atoms with Gasteiger partial charge in [-0.05, 0) is 67.6 Å². The third kappa shape index (κ3) is 6.01. The molecule has 3 N–H and O–H groups in total. The molecule has 150 valence electrons. The lowest BCUT2D eigenvalue weighted by molar-refractivity contribution is -0.117. The van der Waals surface area contributed by atoms with Gasteiger partial charge in [-0.3, -0.25) is 4.79 Å². The van der Waals surface area contributed by atoms with Gasteiger partial charge in [0.15, 0.2) is 0 Å². The minimum absolute atomic E-state index is 0.0409. The Bertz CT molecular complexity index is 985. The topological polar surface area (TPSA) is 114 Å². The van der Waals surface area contributed by atoms with Crippen molar-refractivity contribution in [1.29, 1.82) is 0 Å². The van der Waals surface area contributed by atoms with Crippen LogP contribution in [0.1, 0.15) is 13.8 Å². The summed E-state index contributed by atoms with van der Waals surface area (Å²) in [6.45, 7) is 3.67. The maximum atomic E-state index is 12.2. The summed E-state index contributed by atoms with van der Waals surface area (Å²) in [7, 11) is 0. The third-order valence-electron chi connectivity index (χ3n) is 3.69. The first-order valence-electron chi connectivity index (χ1n) is 8.90. The Morgan fingerprint density at radius 2 is 1.62 bits per heavy atom. The smallest absolute Gasteiger partial charge is 0.319 e. The molecule has 0 spiro atoms. The van der Waals surface area contributed by atoms with Crippen LogP contribution < -0.4 is 16.0 Å². The van der Waals surface area contributed by atoms with Crippen molar-refractivity contribution in [3.05, 3.63) is 53.6 Å². The molecule has 0 unspecified atom stereocenters. The summed E-state index contributed by atoms with van der Waals surface area (Å²) in [4.78, 5) is 25.1. The minimum Gasteiger partial charge on any atom is -0.336 e. The second-order valence-corrected chi connectivity index (χ2v) is 6.97. The number of halogens is 1. The van der Waals surface area contributed by atoms with Crippen LogP contribution in [-0.4, -0.2) is 38.2 Å². The molecule has 10 heteroatoms. The minimum atomic E-state index is -0.302. The van der Waals surface area contributed by atoms with Crippen LogP contribution in [0, 0.1) is 0 Å². The van der Waals surface area contributed by atoms with Gasteiger partial charge in [0.25, 0.3) is 0 Å². The number of hydrogen-bond acceptors (Lipinski definition) is 5. The standard InChI is InChI=1S/C19H20ClN7O2/c1-12(2)21-19(29)23-16-9-7-15(8-10-16)22-17(28)11-27-25-18(24-26-27)13-3-5-14(20)6-4-13/h3-10,12H,11H2,1-2H3,(H,22,28)(H2,21,23,29). The molecule has 3 amide bonds. The highest BCUT2D eigenvalue weighted by molar-refractivity contribution is 6.30. The summed E-state index contributed by atoms with van der Waals surface area (Å²) in [5.41, 5.74) is 1.96. The summed E-state index contributed by atoms with van der Waals surface area (Å²) < 4.78 is 0. The van der Waals surface area contributed by atoms with E-state index in [4.69, 9.17) is 11.6 Å². The summed E-state index contributed by atoms with van der Waals surface area (Å²) in [6, 6.07) is 13.5. The molecule has 3 rings (SSSR count). The maximum Gasteiger partial charge on any atom is 0.319 e. The van der Waals surface area contributed by atoms with Gasteiger partial charge < -0.3 is 16.0 Å². The van der Waals surface area contributed by atoms with E-state index in [2.05, 4.69) is 31.4 Å². The first kappa shape index (κ1) is 20.3. The number of hydrogen-bond donors (Lipinski definition) is 3. The largest absolute Gasteiger partial charge is 0.336 e. The predicted molar refractivity (Wildman–Crippen MR) is 111 cm³/mol. The molecule has 2 aromatic carbocycles. The highest BCUT2D eigenvalue weighted by atomic mass is 35.5. The van der Waals surface area contributed by atoms with Gasteiger partial charge in [-0.2, -0.15) is 4.80 Å². The lowest BCUT2D eigenvalue weighted by Gasteiger charge is -2.10. The molecule has 0 radical (unpaired) electrons. The van der Waals surface area contributed by atoms with E-state index in [9.17, 15) is 9.59 Å². The molecule has 0 bridgehead atoms. The second kappa shape index (κ2) is 9.16. The van der Waals surface area contributed by atoms with Gasteiger partial charge in [0.1, 0.15) is 6.54 Å². The average Bonchev–Trinajstić information content (AvgIpc) is 3.11. The van der Waals surface area contributed by atoms with Crippen LogP contribution in [-0.2, 0) is 11.3 Å². The number of benzene rings is 2. The highest BCUT2D eigenvalue weighted by Gasteiger charge is 2.10. The quantitative estimate of drug-likeness (QED) is 0.574. The maximum absolute atomic E-state index is 12.2. The summed E-state index contributed by atoms with van der Waals surface area (Å²) in [6.07, 6.45) is 0. The number of aromatic nitrogens is 4. The fourth-order valence-electron chi connectivity index (χ4n) is 2.42. The molecule has 9 nitrogen and oxygen atoms in total. The Labute approximate surface area is 172 Å². The number of urea groups is 1. The zero-order valence-electron chi connectivity index (χ0n) is 15.9. The van der Waals surface area contributed by atoms with Crippen molar-refractivity contribution in [2.75, 3.05) is 10.6 Å². The SMILES string of the molecule is CC(C)NC(=O)Nc1ccc(NC(=O)Cn2nnc(-c3ccc(Cl)cc3)n2)cc1. The van der Waals surface area contributed by atoms with Crippen LogP contribution in [0.3, 0.4) is 0 Å². The van der Waals surface area contributed by atoms with Gasteiger partial charge in [-0.1, -0.05) is 11.6 Å². The zero-order valence-corrected chi connectivity index (χ0v) is 16.6. The van der Waals surface area contributed by atoms with E-state index >= 15 is 0 Å². The lowest BCUT2D eigenvalue weighted by atomic mass is 10.2. The Morgan fingerprint density at radius 1 is 1.00 bits per heavy atom. The van der Waals surface area contributed by atoms with E-state index in [0.29, 0.717) is 22.2 Å². The fourth-order valence-corrected chi connectivity index (χ4v) is 2.55. The molecular weight excluding hydrogens is 394 g/mol. The number of nitrogens with zero attached hydrogens (tertiary/aromatic N) is 4. The third-order valence-corrected chi connectivity index (χ3v) is 3.94. The number of nitrogens with one attached hydrogen (secondary N) is 3. The molecule has 1 heterocycles. The number of carbonyl (C=O) groups is 2. The van der Waals surface area contributed by atoms with Crippen LogP contribution in [0.2, 0.25) is 5.02 Å². The molecule has 0 fully saturated rings. The van der Waals surface area contributed by atoms with Gasteiger partial charge in [0.2, 0.25) is 11.7 Å². The Morgan fingerprint density at radius 3 is 2.24 bits per heavy atom. The molecule has 0 aliphatic rings. The summed E-state index contributed by atoms with van der Waals surface area (Å²) in [5.74, 6) is 0.105. The van der Waals surface area contributed by atoms with Gasteiger partial charge in [0, 0.05) is 28.0 Å². The van der Waals surface area contributed by atoms with Crippen molar-refractivity contribution in [3.8, 4) is 11.4 Å². The fraction of sp³-hybridized carbons (Fsp3) is 0.211. The Hall–Kier alpha value is -3.46. The number of carbonyl (C=O) groups excluding carboxylic acids is 2. The van der Waals surface area contributed by atoms with Crippen molar-refractivity contribution >= 4 is 34.9 Å². The first-order chi connectivity index (χ1) is 13.9. The van der Waals surface area contributed by atoms with E-state index in [1.165, 1.54) is 4.80 Å². The van der Waals surface area contributed by atoms with Crippen molar-refractivity contribution in [2.24, 2.45) is 0 Å². The number of anilines is 2. The van der Waals surface area contributed by atoms with E-state index in [1.54, 1.807) is 48.5 Å². The van der Waals surface area contributed by atoms with Crippen LogP contribution >= 0.6 is 11.6 Å².